The Balaban J connectivity index is 1.53. The maximum absolute atomic E-state index is 12.8. The molecule has 2 heterocycles. The van der Waals surface area contributed by atoms with Gasteiger partial charge in [-0.1, -0.05) is 30.3 Å². The fourth-order valence-electron chi connectivity index (χ4n) is 3.67. The molecule has 30 heavy (non-hydrogen) atoms. The molecule has 154 valence electrons. The van der Waals surface area contributed by atoms with Gasteiger partial charge in [0.25, 0.3) is 5.56 Å². The van der Waals surface area contributed by atoms with E-state index in [-0.39, 0.29) is 23.9 Å². The summed E-state index contributed by atoms with van der Waals surface area (Å²) in [7, 11) is 1.57. The second-order valence-electron chi connectivity index (χ2n) is 7.32. The molecule has 1 fully saturated rings. The number of fused-ring (bicyclic) bond motifs is 1. The molecule has 1 aliphatic rings. The molecule has 0 aliphatic carbocycles. The van der Waals surface area contributed by atoms with E-state index in [0.29, 0.717) is 27.8 Å². The van der Waals surface area contributed by atoms with E-state index < -0.39 is 0 Å². The quantitative estimate of drug-likeness (QED) is 0.698. The number of rotatable bonds is 4. The lowest BCUT2D eigenvalue weighted by Crippen LogP contribution is -2.32. The first-order valence-electron chi connectivity index (χ1n) is 9.92. The molecule has 0 radical (unpaired) electrons. The first kappa shape index (κ1) is 19.6. The van der Waals surface area contributed by atoms with Gasteiger partial charge in [-0.2, -0.15) is 5.10 Å². The molecule has 3 amide bonds. The van der Waals surface area contributed by atoms with Crippen molar-refractivity contribution in [1.29, 1.82) is 0 Å². The van der Waals surface area contributed by atoms with E-state index in [9.17, 15) is 14.4 Å². The van der Waals surface area contributed by atoms with Gasteiger partial charge < -0.3 is 15.5 Å². The summed E-state index contributed by atoms with van der Waals surface area (Å²) in [5, 5.41) is 11.2. The third-order valence-corrected chi connectivity index (χ3v) is 5.20. The number of nitrogens with one attached hydrogen (secondary N) is 2. The van der Waals surface area contributed by atoms with E-state index in [2.05, 4.69) is 15.7 Å². The number of benzene rings is 2. The topological polar surface area (TPSA) is 96.3 Å². The molecule has 2 N–H and O–H groups in total. The first-order chi connectivity index (χ1) is 14.5. The van der Waals surface area contributed by atoms with E-state index in [1.54, 1.807) is 54.4 Å². The number of urea groups is 1. The summed E-state index contributed by atoms with van der Waals surface area (Å²) in [6.45, 7) is 1.48. The number of aryl methyl sites for hydroxylation is 1. The van der Waals surface area contributed by atoms with Crippen molar-refractivity contribution in [3.8, 4) is 0 Å². The Kier molecular flexibility index (Phi) is 5.47. The Morgan fingerprint density at radius 2 is 1.53 bits per heavy atom. The lowest BCUT2D eigenvalue weighted by molar-refractivity contribution is -0.115. The molecule has 0 atom stereocenters. The van der Waals surface area contributed by atoms with Crippen LogP contribution in [0.1, 0.15) is 18.5 Å². The second-order valence-corrected chi connectivity index (χ2v) is 7.32. The minimum Gasteiger partial charge on any atom is -0.325 e. The van der Waals surface area contributed by atoms with Gasteiger partial charge in [0.2, 0.25) is 5.91 Å². The van der Waals surface area contributed by atoms with Gasteiger partial charge in [-0.05, 0) is 31.0 Å². The fourth-order valence-corrected chi connectivity index (χ4v) is 3.67. The second kappa shape index (κ2) is 8.36. The molecule has 0 spiro atoms. The van der Waals surface area contributed by atoms with Crippen LogP contribution in [-0.4, -0.2) is 39.7 Å². The monoisotopic (exact) mass is 405 g/mol. The van der Waals surface area contributed by atoms with Crippen LogP contribution in [-0.2, 0) is 18.3 Å². The highest BCUT2D eigenvalue weighted by molar-refractivity contribution is 6.00. The maximum Gasteiger partial charge on any atom is 0.321 e. The van der Waals surface area contributed by atoms with E-state index in [0.717, 1.165) is 25.9 Å². The number of likely N-dealkylation sites (tertiary alicyclic amines) is 1. The Labute approximate surface area is 173 Å². The standard InChI is InChI=1S/C22H23N5O3/c1-26-21(29)16-9-3-2-8-15(16)19(25-26)14-20(28)23-17-10-4-5-11-18(17)24-22(30)27-12-6-7-13-27/h2-5,8-11H,6-7,12-14H2,1H3,(H,23,28)(H,24,30). The van der Waals surface area contributed by atoms with Gasteiger partial charge >= 0.3 is 6.03 Å². The molecule has 1 aliphatic heterocycles. The van der Waals surface area contributed by atoms with Crippen molar-refractivity contribution in [1.82, 2.24) is 14.7 Å². The lowest BCUT2D eigenvalue weighted by atomic mass is 10.1. The number of anilines is 2. The van der Waals surface area contributed by atoms with Gasteiger partial charge in [-0.3, -0.25) is 9.59 Å². The molecule has 0 unspecified atom stereocenters. The number of hydrogen-bond acceptors (Lipinski definition) is 4. The van der Waals surface area contributed by atoms with Gasteiger partial charge in [-0.25, -0.2) is 9.48 Å². The third-order valence-electron chi connectivity index (χ3n) is 5.20. The zero-order valence-electron chi connectivity index (χ0n) is 16.7. The van der Waals surface area contributed by atoms with Gasteiger partial charge in [0.1, 0.15) is 0 Å². The van der Waals surface area contributed by atoms with Crippen LogP contribution in [0.15, 0.2) is 53.3 Å². The van der Waals surface area contributed by atoms with Crippen LogP contribution in [0, 0.1) is 0 Å². The van der Waals surface area contributed by atoms with Crippen LogP contribution in [0.2, 0.25) is 0 Å². The molecule has 8 nitrogen and oxygen atoms in total. The van der Waals surface area contributed by atoms with Gasteiger partial charge in [0.05, 0.1) is 28.9 Å². The molecule has 3 aromatic rings. The van der Waals surface area contributed by atoms with Crippen molar-refractivity contribution in [3.63, 3.8) is 0 Å². The molecular formula is C22H23N5O3. The third kappa shape index (κ3) is 4.03. The lowest BCUT2D eigenvalue weighted by Gasteiger charge is -2.18. The molecule has 1 aromatic heterocycles. The number of hydrogen-bond donors (Lipinski definition) is 2. The predicted octanol–water partition coefficient (Wildman–Crippen LogP) is 2.74. The Hall–Kier alpha value is -3.68. The highest BCUT2D eigenvalue weighted by Crippen LogP contribution is 2.23. The Bertz CT molecular complexity index is 1160. The highest BCUT2D eigenvalue weighted by Gasteiger charge is 2.19. The number of nitrogens with zero attached hydrogens (tertiary/aromatic N) is 3. The summed E-state index contributed by atoms with van der Waals surface area (Å²) in [6, 6.07) is 14.0. The average molecular weight is 405 g/mol. The predicted molar refractivity (Wildman–Crippen MR) is 116 cm³/mol. The van der Waals surface area contributed by atoms with Crippen molar-refractivity contribution in [2.75, 3.05) is 23.7 Å². The van der Waals surface area contributed by atoms with Crippen LogP contribution in [0.25, 0.3) is 10.8 Å². The van der Waals surface area contributed by atoms with Gasteiger partial charge in [-0.15, -0.1) is 0 Å². The molecular weight excluding hydrogens is 382 g/mol. The van der Waals surface area contributed by atoms with E-state index >= 15 is 0 Å². The first-order valence-corrected chi connectivity index (χ1v) is 9.92. The molecule has 8 heteroatoms. The largest absolute Gasteiger partial charge is 0.325 e. The van der Waals surface area contributed by atoms with E-state index in [1.165, 1.54) is 4.68 Å². The zero-order chi connectivity index (χ0) is 21.1. The molecule has 0 bridgehead atoms. The summed E-state index contributed by atoms with van der Waals surface area (Å²) in [5.41, 5.74) is 1.37. The molecule has 4 rings (SSSR count). The molecule has 2 aromatic carbocycles. The van der Waals surface area contributed by atoms with Crippen LogP contribution in [0.4, 0.5) is 16.2 Å². The Morgan fingerprint density at radius 1 is 0.933 bits per heavy atom. The fraction of sp³-hybridized carbons (Fsp3) is 0.273. The normalized spacial score (nSPS) is 13.4. The SMILES string of the molecule is Cn1nc(CC(=O)Nc2ccccc2NC(=O)N2CCCC2)c2ccccc2c1=O. The van der Waals surface area contributed by atoms with Gasteiger partial charge in [0, 0.05) is 25.5 Å². The summed E-state index contributed by atoms with van der Waals surface area (Å²) in [6.07, 6.45) is 2.02. The minimum absolute atomic E-state index is 0.00301. The minimum atomic E-state index is -0.283. The van der Waals surface area contributed by atoms with Crippen molar-refractivity contribution in [2.45, 2.75) is 19.3 Å². The van der Waals surface area contributed by atoms with Crippen LogP contribution >= 0.6 is 0 Å². The summed E-state index contributed by atoms with van der Waals surface area (Å²) < 4.78 is 1.25. The molecule has 1 saturated heterocycles. The summed E-state index contributed by atoms with van der Waals surface area (Å²) in [4.78, 5) is 39.2. The number of carbonyl (C=O) groups excluding carboxylic acids is 2. The summed E-state index contributed by atoms with van der Waals surface area (Å²) in [5.74, 6) is -0.283. The zero-order valence-corrected chi connectivity index (χ0v) is 16.7. The van der Waals surface area contributed by atoms with Gasteiger partial charge in [0.15, 0.2) is 0 Å². The van der Waals surface area contributed by atoms with E-state index in [4.69, 9.17) is 0 Å². The number of para-hydroxylation sites is 2. The van der Waals surface area contributed by atoms with Crippen molar-refractivity contribution < 1.29 is 9.59 Å². The number of aromatic nitrogens is 2. The summed E-state index contributed by atoms with van der Waals surface area (Å²) >= 11 is 0. The van der Waals surface area contributed by atoms with Crippen molar-refractivity contribution >= 4 is 34.1 Å². The van der Waals surface area contributed by atoms with Crippen molar-refractivity contribution in [2.24, 2.45) is 7.05 Å². The number of carbonyl (C=O) groups is 2. The highest BCUT2D eigenvalue weighted by atomic mass is 16.2. The molecule has 0 saturated carbocycles. The van der Waals surface area contributed by atoms with Crippen LogP contribution in [0.3, 0.4) is 0 Å². The number of amides is 3. The van der Waals surface area contributed by atoms with Crippen LogP contribution < -0.4 is 16.2 Å². The van der Waals surface area contributed by atoms with Crippen LogP contribution in [0.5, 0.6) is 0 Å². The maximum atomic E-state index is 12.8. The smallest absolute Gasteiger partial charge is 0.321 e. The average Bonchev–Trinajstić information content (AvgIpc) is 3.28. The van der Waals surface area contributed by atoms with Crippen molar-refractivity contribution in [3.05, 3.63) is 64.6 Å². The Morgan fingerprint density at radius 3 is 2.23 bits per heavy atom. The van der Waals surface area contributed by atoms with E-state index in [1.807, 2.05) is 6.07 Å².